The van der Waals surface area contributed by atoms with Crippen LogP contribution >= 0.6 is 0 Å². The largest absolute Gasteiger partial charge is 0.496 e. The Kier molecular flexibility index (Phi) is 13.4. The molecule has 1 aromatic carbocycles. The predicted octanol–water partition coefficient (Wildman–Crippen LogP) is 5.87. The van der Waals surface area contributed by atoms with Crippen molar-refractivity contribution < 1.29 is 46.5 Å². The lowest BCUT2D eigenvalue weighted by atomic mass is 9.83. The molecular formula is C45H63N5O10S. The van der Waals surface area contributed by atoms with Gasteiger partial charge >= 0.3 is 6.09 Å². The number of benzene rings is 1. The molecule has 7 rings (SSSR count). The molecule has 15 nitrogen and oxygen atoms in total. The number of aryl methyl sites for hydroxylation is 1. The van der Waals surface area contributed by atoms with Crippen molar-refractivity contribution in [3.05, 3.63) is 36.4 Å². The smallest absolute Gasteiger partial charge is 0.407 e. The fourth-order valence-corrected chi connectivity index (χ4v) is 10.6. The molecule has 5 aliphatic rings. The Morgan fingerprint density at radius 1 is 1.08 bits per heavy atom. The maximum atomic E-state index is 15.0. The van der Waals surface area contributed by atoms with Crippen LogP contribution in [0.15, 0.2) is 30.9 Å². The zero-order valence-corrected chi connectivity index (χ0v) is 36.9. The van der Waals surface area contributed by atoms with Crippen LogP contribution in [0.5, 0.6) is 17.4 Å². The van der Waals surface area contributed by atoms with E-state index in [1.54, 1.807) is 13.2 Å². The molecule has 0 radical (unpaired) electrons. The highest BCUT2D eigenvalue weighted by Crippen LogP contribution is 2.46. The van der Waals surface area contributed by atoms with Crippen LogP contribution in [0.4, 0.5) is 4.79 Å². The zero-order valence-electron chi connectivity index (χ0n) is 36.1. The summed E-state index contributed by atoms with van der Waals surface area (Å²) in [5.74, 6) is -1.12. The zero-order chi connectivity index (χ0) is 43.5. The van der Waals surface area contributed by atoms with E-state index in [0.29, 0.717) is 61.6 Å². The summed E-state index contributed by atoms with van der Waals surface area (Å²) in [5, 5.41) is 5.87. The van der Waals surface area contributed by atoms with Gasteiger partial charge in [0.2, 0.25) is 27.7 Å². The summed E-state index contributed by atoms with van der Waals surface area (Å²) < 4.78 is 52.6. The van der Waals surface area contributed by atoms with E-state index in [2.05, 4.69) is 28.9 Å². The molecule has 1 aromatic heterocycles. The summed E-state index contributed by atoms with van der Waals surface area (Å²) in [4.78, 5) is 63.3. The average Bonchev–Trinajstić information content (AvgIpc) is 4.17. The number of unbranched alkanes of at least 4 members (excludes halogenated alkanes) is 2. The molecule has 2 aromatic rings. The van der Waals surface area contributed by atoms with E-state index in [-0.39, 0.29) is 37.3 Å². The van der Waals surface area contributed by atoms with Crippen molar-refractivity contribution in [3.8, 4) is 17.4 Å². The first-order chi connectivity index (χ1) is 29.2. The lowest BCUT2D eigenvalue weighted by Crippen LogP contribution is -2.59. The molecular weight excluding hydrogens is 803 g/mol. The van der Waals surface area contributed by atoms with Gasteiger partial charge in [-0.3, -0.25) is 19.1 Å². The Bertz CT molecular complexity index is 2100. The van der Waals surface area contributed by atoms with Crippen LogP contribution in [0.3, 0.4) is 0 Å². The number of hydrogen-bond acceptors (Lipinski definition) is 11. The predicted molar refractivity (Wildman–Crippen MR) is 229 cm³/mol. The maximum Gasteiger partial charge on any atom is 0.407 e. The van der Waals surface area contributed by atoms with Crippen molar-refractivity contribution in [2.45, 2.75) is 146 Å². The lowest BCUT2D eigenvalue weighted by Gasteiger charge is -2.35. The monoisotopic (exact) mass is 865 g/mol. The molecule has 334 valence electrons. The van der Waals surface area contributed by atoms with Crippen LogP contribution in [0.2, 0.25) is 0 Å². The van der Waals surface area contributed by atoms with Crippen LogP contribution < -0.4 is 29.6 Å². The molecule has 3 N–H and O–H groups in total. The number of cyclic esters (lactones) is 1. The van der Waals surface area contributed by atoms with Crippen molar-refractivity contribution in [1.82, 2.24) is 25.2 Å². The van der Waals surface area contributed by atoms with Gasteiger partial charge in [0.15, 0.2) is 0 Å². The number of ether oxygens (including phenoxy) is 4. The number of fused-ring (bicyclic) bond motifs is 3. The molecule has 2 aliphatic heterocycles. The number of rotatable bonds is 13. The minimum Gasteiger partial charge on any atom is -0.496 e. The van der Waals surface area contributed by atoms with Crippen LogP contribution in [0, 0.1) is 17.3 Å². The van der Waals surface area contributed by atoms with E-state index in [1.807, 2.05) is 26.0 Å². The third kappa shape index (κ3) is 10.2. The molecule has 5 atom stereocenters. The number of carbonyl (C=O) groups excluding carboxylic acids is 4. The van der Waals surface area contributed by atoms with E-state index >= 15 is 4.79 Å². The van der Waals surface area contributed by atoms with Crippen molar-refractivity contribution in [3.63, 3.8) is 0 Å². The molecule has 3 saturated carbocycles. The number of amides is 4. The summed E-state index contributed by atoms with van der Waals surface area (Å²) in [6, 6.07) is 3.53. The second-order valence-electron chi connectivity index (χ2n) is 18.5. The van der Waals surface area contributed by atoms with Gasteiger partial charge in [0.1, 0.15) is 35.2 Å². The summed E-state index contributed by atoms with van der Waals surface area (Å²) in [7, 11) is -2.29. The average molecular weight is 866 g/mol. The quantitative estimate of drug-likeness (QED) is 0.161. The highest BCUT2D eigenvalue weighted by Gasteiger charge is 2.62. The fraction of sp³-hybridized carbons (Fsp3) is 0.667. The molecule has 0 spiro atoms. The minimum absolute atomic E-state index is 0.0104. The first-order valence-electron chi connectivity index (χ1n) is 22.2. The van der Waals surface area contributed by atoms with Gasteiger partial charge in [0.05, 0.1) is 37.6 Å². The van der Waals surface area contributed by atoms with Gasteiger partial charge in [-0.05, 0) is 80.8 Å². The van der Waals surface area contributed by atoms with E-state index in [0.717, 1.165) is 62.3 Å². The van der Waals surface area contributed by atoms with Crippen molar-refractivity contribution in [1.29, 1.82) is 0 Å². The summed E-state index contributed by atoms with van der Waals surface area (Å²) >= 11 is 0. The van der Waals surface area contributed by atoms with E-state index in [4.69, 9.17) is 23.9 Å². The Morgan fingerprint density at radius 2 is 1.85 bits per heavy atom. The van der Waals surface area contributed by atoms with E-state index in [1.165, 1.54) is 11.0 Å². The Labute approximate surface area is 359 Å². The normalized spacial score (nSPS) is 27.2. The first-order valence-corrected chi connectivity index (χ1v) is 23.8. The number of nitrogens with zero attached hydrogens (tertiary/aromatic N) is 2. The number of sulfonamides is 1. The van der Waals surface area contributed by atoms with Crippen molar-refractivity contribution >= 4 is 44.7 Å². The molecule has 1 saturated heterocycles. The number of aromatic nitrogens is 1. The molecule has 3 aliphatic carbocycles. The fourth-order valence-electron chi connectivity index (χ4n) is 9.19. The SMILES string of the molecule is C=C[C@H]1C[C@@]1(NC(=O)[C@@H]1C[C@@H]2CN1C(=O)[C@H](C1CCCCC1)NC(=O)OCC(C)(C)CCCc1cc3c(cc(OCCCCC)nc3cc1OC)O2)C(=O)NS(=O)(=O)C1CC1. The number of hydrogen-bond donors (Lipinski definition) is 3. The topological polar surface area (TPSA) is 192 Å². The molecule has 4 fully saturated rings. The number of methoxy groups -OCH3 is 1. The third-order valence-corrected chi connectivity index (χ3v) is 14.9. The van der Waals surface area contributed by atoms with Crippen LogP contribution in [-0.4, -0.2) is 98.0 Å². The number of nitrogens with one attached hydrogen (secondary N) is 3. The van der Waals surface area contributed by atoms with Gasteiger partial charge in [0.25, 0.3) is 5.91 Å². The van der Waals surface area contributed by atoms with Gasteiger partial charge in [0, 0.05) is 29.9 Å². The van der Waals surface area contributed by atoms with E-state index < -0.39 is 68.7 Å². The minimum atomic E-state index is -3.91. The number of pyridine rings is 1. The summed E-state index contributed by atoms with van der Waals surface area (Å²) in [6.07, 6.45) is 10.5. The Morgan fingerprint density at radius 3 is 2.54 bits per heavy atom. The van der Waals surface area contributed by atoms with Gasteiger partial charge in [-0.15, -0.1) is 6.58 Å². The van der Waals surface area contributed by atoms with Crippen LogP contribution in [0.25, 0.3) is 10.9 Å². The van der Waals surface area contributed by atoms with Crippen LogP contribution in [-0.2, 0) is 35.6 Å². The third-order valence-electron chi connectivity index (χ3n) is 13.1. The van der Waals surface area contributed by atoms with Gasteiger partial charge in [-0.25, -0.2) is 18.2 Å². The van der Waals surface area contributed by atoms with Crippen molar-refractivity contribution in [2.24, 2.45) is 17.3 Å². The van der Waals surface area contributed by atoms with Gasteiger partial charge in [-0.1, -0.05) is 59.0 Å². The highest BCUT2D eigenvalue weighted by molar-refractivity contribution is 7.91. The second-order valence-corrected chi connectivity index (χ2v) is 20.4. The number of carbonyl (C=O) groups is 4. The van der Waals surface area contributed by atoms with Gasteiger partial charge < -0.3 is 34.5 Å². The summed E-state index contributed by atoms with van der Waals surface area (Å²) in [5.41, 5.74) is -0.392. The van der Waals surface area contributed by atoms with E-state index in [9.17, 15) is 22.8 Å². The highest BCUT2D eigenvalue weighted by atomic mass is 32.2. The molecule has 4 amide bonds. The Hall–Kier alpha value is -4.60. The van der Waals surface area contributed by atoms with Gasteiger partial charge in [-0.2, -0.15) is 0 Å². The number of alkyl carbamates (subject to hydrolysis) is 1. The summed E-state index contributed by atoms with van der Waals surface area (Å²) in [6.45, 7) is 10.6. The standard InChI is InChI=1S/C45H63N5O10S/c1-6-8-12-20-58-38-24-37-33-21-29(36(57-5)23-34(33)46-38)16-13-19-44(3,4)27-59-43(54)47-39(28-14-10-9-11-15-28)41(52)50-26-31(60-37)22-35(50)40(51)48-45(25-30(45)7-2)42(53)49-61(55,56)32-17-18-32/h7,21,23-24,28,30-32,35,39H,2,6,8-20,22,25-27H2,1,3-5H3,(H,47,54)(H,48,51)(H,49,53)/t30-,31+,35-,39-,45-/m0/s1. The molecule has 3 heterocycles. The molecule has 0 unspecified atom stereocenters. The molecule has 16 heteroatoms. The maximum absolute atomic E-state index is 15.0. The van der Waals surface area contributed by atoms with Crippen LogP contribution in [0.1, 0.15) is 116 Å². The Balaban J connectivity index is 1.26. The lowest BCUT2D eigenvalue weighted by molar-refractivity contribution is -0.142. The second kappa shape index (κ2) is 18.4. The molecule has 61 heavy (non-hydrogen) atoms. The first kappa shape index (κ1) is 44.5. The van der Waals surface area contributed by atoms with Crippen molar-refractivity contribution in [2.75, 3.05) is 26.9 Å². The molecule has 4 bridgehead atoms.